The highest BCUT2D eigenvalue weighted by atomic mass is 16.5. The van der Waals surface area contributed by atoms with Crippen molar-refractivity contribution in [1.82, 2.24) is 0 Å². The Bertz CT molecular complexity index is 359. The molecule has 1 rings (SSSR count). The summed E-state index contributed by atoms with van der Waals surface area (Å²) in [7, 11) is 0. The van der Waals surface area contributed by atoms with Gasteiger partial charge in [0.15, 0.2) is 0 Å². The van der Waals surface area contributed by atoms with E-state index in [1.54, 1.807) is 6.08 Å². The van der Waals surface area contributed by atoms with E-state index in [-0.39, 0.29) is 0 Å². The zero-order valence-corrected chi connectivity index (χ0v) is 9.65. The maximum absolute atomic E-state index is 8.39. The number of nitriles is 1. The second-order valence-electron chi connectivity index (χ2n) is 3.59. The van der Waals surface area contributed by atoms with Gasteiger partial charge in [-0.05, 0) is 30.2 Å². The van der Waals surface area contributed by atoms with Gasteiger partial charge in [0.05, 0.1) is 12.7 Å². The number of ether oxygens (including phenoxy) is 1. The lowest BCUT2D eigenvalue weighted by molar-refractivity contribution is 0.306. The fourth-order valence-electron chi connectivity index (χ4n) is 1.35. The molecule has 0 heterocycles. The summed E-state index contributed by atoms with van der Waals surface area (Å²) in [4.78, 5) is 0. The molecule has 0 bridgehead atoms. The molecule has 2 heteroatoms. The van der Waals surface area contributed by atoms with E-state index in [1.807, 2.05) is 30.3 Å². The topological polar surface area (TPSA) is 33.0 Å². The molecule has 0 amide bonds. The Morgan fingerprint density at radius 1 is 1.25 bits per heavy atom. The van der Waals surface area contributed by atoms with E-state index < -0.39 is 0 Å². The van der Waals surface area contributed by atoms with Crippen LogP contribution in [0.5, 0.6) is 5.75 Å². The summed E-state index contributed by atoms with van der Waals surface area (Å²) >= 11 is 0. The Kier molecular flexibility index (Phi) is 5.80. The van der Waals surface area contributed by atoms with Crippen LogP contribution < -0.4 is 4.74 Å². The van der Waals surface area contributed by atoms with E-state index in [0.717, 1.165) is 24.3 Å². The van der Waals surface area contributed by atoms with E-state index in [4.69, 9.17) is 10.00 Å². The predicted molar refractivity (Wildman–Crippen MR) is 66.1 cm³/mol. The monoisotopic (exact) mass is 215 g/mol. The van der Waals surface area contributed by atoms with Gasteiger partial charge in [-0.25, -0.2) is 0 Å². The Morgan fingerprint density at radius 3 is 2.62 bits per heavy atom. The van der Waals surface area contributed by atoms with Crippen molar-refractivity contribution in [3.63, 3.8) is 0 Å². The van der Waals surface area contributed by atoms with E-state index in [1.165, 1.54) is 18.9 Å². The van der Waals surface area contributed by atoms with Crippen molar-refractivity contribution < 1.29 is 4.74 Å². The van der Waals surface area contributed by atoms with Crippen LogP contribution in [0.2, 0.25) is 0 Å². The van der Waals surface area contributed by atoms with Crippen LogP contribution in [0, 0.1) is 11.3 Å². The summed E-state index contributed by atoms with van der Waals surface area (Å²) in [5.41, 5.74) is 1.02. The second kappa shape index (κ2) is 7.53. The summed E-state index contributed by atoms with van der Waals surface area (Å²) in [6, 6.07) is 9.73. The Balaban J connectivity index is 2.40. The van der Waals surface area contributed by atoms with Crippen LogP contribution in [0.25, 0.3) is 6.08 Å². The molecule has 0 aliphatic carbocycles. The SMILES string of the molecule is CCCCCOc1ccc(/C=C/C#N)cc1. The smallest absolute Gasteiger partial charge is 0.119 e. The van der Waals surface area contributed by atoms with Crippen LogP contribution in [-0.2, 0) is 0 Å². The van der Waals surface area contributed by atoms with Crippen molar-refractivity contribution in [2.75, 3.05) is 6.61 Å². The molecule has 1 aromatic rings. The third-order valence-electron chi connectivity index (χ3n) is 2.25. The normalized spacial score (nSPS) is 10.2. The second-order valence-corrected chi connectivity index (χ2v) is 3.59. The van der Waals surface area contributed by atoms with Crippen molar-refractivity contribution in [2.24, 2.45) is 0 Å². The molecule has 0 saturated carbocycles. The Morgan fingerprint density at radius 2 is 2.00 bits per heavy atom. The molecular weight excluding hydrogens is 198 g/mol. The highest BCUT2D eigenvalue weighted by Gasteiger charge is 1.93. The molecule has 0 N–H and O–H groups in total. The zero-order chi connectivity index (χ0) is 11.6. The van der Waals surface area contributed by atoms with E-state index in [0.29, 0.717) is 0 Å². The molecule has 2 nitrogen and oxygen atoms in total. The third kappa shape index (κ3) is 4.65. The molecule has 16 heavy (non-hydrogen) atoms. The van der Waals surface area contributed by atoms with Gasteiger partial charge in [0, 0.05) is 6.08 Å². The summed E-state index contributed by atoms with van der Waals surface area (Å²) in [6.07, 6.45) is 6.77. The van der Waals surface area contributed by atoms with Gasteiger partial charge >= 0.3 is 0 Å². The highest BCUT2D eigenvalue weighted by Crippen LogP contribution is 2.13. The number of hydrogen-bond donors (Lipinski definition) is 0. The molecule has 0 aliphatic heterocycles. The molecule has 0 aromatic heterocycles. The lowest BCUT2D eigenvalue weighted by Gasteiger charge is -2.05. The number of benzene rings is 1. The van der Waals surface area contributed by atoms with Crippen LogP contribution in [-0.4, -0.2) is 6.61 Å². The number of unbranched alkanes of at least 4 members (excludes halogenated alkanes) is 2. The largest absolute Gasteiger partial charge is 0.494 e. The van der Waals surface area contributed by atoms with Crippen LogP contribution in [0.4, 0.5) is 0 Å². The Labute approximate surface area is 97.2 Å². The predicted octanol–water partition coefficient (Wildman–Crippen LogP) is 3.79. The standard InChI is InChI=1S/C14H17NO/c1-2-3-4-12-16-14-9-7-13(8-10-14)6-5-11-15/h5-10H,2-4,12H2,1H3/b6-5+. The minimum absolute atomic E-state index is 0.779. The first-order chi connectivity index (χ1) is 7.86. The first-order valence-electron chi connectivity index (χ1n) is 5.66. The van der Waals surface area contributed by atoms with Crippen molar-refractivity contribution in [2.45, 2.75) is 26.2 Å². The van der Waals surface area contributed by atoms with Gasteiger partial charge in [-0.2, -0.15) is 5.26 Å². The zero-order valence-electron chi connectivity index (χ0n) is 9.65. The van der Waals surface area contributed by atoms with Crippen LogP contribution in [0.1, 0.15) is 31.7 Å². The Hall–Kier alpha value is -1.75. The molecule has 84 valence electrons. The quantitative estimate of drug-likeness (QED) is 0.534. The number of nitrogens with zero attached hydrogens (tertiary/aromatic N) is 1. The lowest BCUT2D eigenvalue weighted by Crippen LogP contribution is -1.96. The van der Waals surface area contributed by atoms with Crippen molar-refractivity contribution in [3.05, 3.63) is 35.9 Å². The van der Waals surface area contributed by atoms with E-state index >= 15 is 0 Å². The van der Waals surface area contributed by atoms with Crippen LogP contribution >= 0.6 is 0 Å². The van der Waals surface area contributed by atoms with Crippen molar-refractivity contribution in [3.8, 4) is 11.8 Å². The van der Waals surface area contributed by atoms with Crippen LogP contribution in [0.15, 0.2) is 30.3 Å². The van der Waals surface area contributed by atoms with Crippen molar-refractivity contribution >= 4 is 6.08 Å². The maximum atomic E-state index is 8.39. The maximum Gasteiger partial charge on any atom is 0.119 e. The molecule has 0 spiro atoms. The van der Waals surface area contributed by atoms with Gasteiger partial charge in [-0.15, -0.1) is 0 Å². The minimum Gasteiger partial charge on any atom is -0.494 e. The van der Waals surface area contributed by atoms with Gasteiger partial charge in [0.1, 0.15) is 5.75 Å². The summed E-state index contributed by atoms with van der Waals surface area (Å²) < 4.78 is 5.58. The average Bonchev–Trinajstić information content (AvgIpc) is 2.33. The molecule has 0 aliphatic rings. The number of hydrogen-bond acceptors (Lipinski definition) is 2. The van der Waals surface area contributed by atoms with E-state index in [9.17, 15) is 0 Å². The van der Waals surface area contributed by atoms with Gasteiger partial charge < -0.3 is 4.74 Å². The summed E-state index contributed by atoms with van der Waals surface area (Å²) in [5.74, 6) is 0.894. The molecule has 0 atom stereocenters. The van der Waals surface area contributed by atoms with E-state index in [2.05, 4.69) is 6.92 Å². The number of allylic oxidation sites excluding steroid dienone is 1. The first kappa shape index (κ1) is 12.3. The average molecular weight is 215 g/mol. The van der Waals surface area contributed by atoms with Gasteiger partial charge in [-0.1, -0.05) is 31.9 Å². The highest BCUT2D eigenvalue weighted by molar-refractivity contribution is 5.52. The third-order valence-corrected chi connectivity index (χ3v) is 2.25. The van der Waals surface area contributed by atoms with Gasteiger partial charge in [0.25, 0.3) is 0 Å². The molecule has 0 unspecified atom stereocenters. The summed E-state index contributed by atoms with van der Waals surface area (Å²) in [5, 5.41) is 8.39. The minimum atomic E-state index is 0.779. The van der Waals surface area contributed by atoms with Gasteiger partial charge in [-0.3, -0.25) is 0 Å². The van der Waals surface area contributed by atoms with Gasteiger partial charge in [0.2, 0.25) is 0 Å². The molecular formula is C14H17NO. The number of rotatable bonds is 6. The van der Waals surface area contributed by atoms with Crippen LogP contribution in [0.3, 0.4) is 0 Å². The molecule has 0 radical (unpaired) electrons. The lowest BCUT2D eigenvalue weighted by atomic mass is 10.2. The fraction of sp³-hybridized carbons (Fsp3) is 0.357. The molecule has 0 saturated heterocycles. The van der Waals surface area contributed by atoms with Crippen molar-refractivity contribution in [1.29, 1.82) is 5.26 Å². The summed E-state index contributed by atoms with van der Waals surface area (Å²) in [6.45, 7) is 2.96. The first-order valence-corrected chi connectivity index (χ1v) is 5.66. The molecule has 0 fully saturated rings. The molecule has 1 aromatic carbocycles. The fourth-order valence-corrected chi connectivity index (χ4v) is 1.35.